The van der Waals surface area contributed by atoms with Gasteiger partial charge in [-0.25, -0.2) is 8.42 Å². The van der Waals surface area contributed by atoms with Crippen molar-refractivity contribution in [1.82, 2.24) is 0 Å². The second kappa shape index (κ2) is 11.2. The fraction of sp³-hybridized carbons (Fsp3) is 0.355. The van der Waals surface area contributed by atoms with Crippen LogP contribution in [0.5, 0.6) is 0 Å². The zero-order chi connectivity index (χ0) is 26.8. The fourth-order valence-electron chi connectivity index (χ4n) is 5.95. The molecule has 3 saturated heterocycles. The molecule has 39 heavy (non-hydrogen) atoms. The van der Waals surface area contributed by atoms with Crippen molar-refractivity contribution < 1.29 is 13.2 Å². The third-order valence-corrected chi connectivity index (χ3v) is 11.2. The lowest BCUT2D eigenvalue weighted by molar-refractivity contribution is -0.117. The maximum Gasteiger partial charge on any atom is 0.252 e. The number of amides is 1. The summed E-state index contributed by atoms with van der Waals surface area (Å²) in [6, 6.07) is 28.5. The van der Waals surface area contributed by atoms with Gasteiger partial charge in [0.1, 0.15) is 0 Å². The minimum Gasteiger partial charge on any atom is -0.372 e. The highest BCUT2D eigenvalue weighted by Gasteiger charge is 2.49. The van der Waals surface area contributed by atoms with Crippen LogP contribution in [-0.2, 0) is 27.5 Å². The minimum atomic E-state index is -3.11. The van der Waals surface area contributed by atoms with Crippen LogP contribution in [-0.4, -0.2) is 55.4 Å². The lowest BCUT2D eigenvalue weighted by Crippen LogP contribution is -2.38. The predicted molar refractivity (Wildman–Crippen MR) is 160 cm³/mol. The maximum atomic E-state index is 12.8. The third-order valence-electron chi connectivity index (χ3n) is 7.96. The first-order valence-corrected chi connectivity index (χ1v) is 16.3. The van der Waals surface area contributed by atoms with Crippen molar-refractivity contribution in [1.29, 1.82) is 0 Å². The summed E-state index contributed by atoms with van der Waals surface area (Å²) < 4.78 is 24.9. The van der Waals surface area contributed by atoms with Crippen molar-refractivity contribution in [3.05, 3.63) is 96.1 Å². The molecule has 2 unspecified atom stereocenters. The van der Waals surface area contributed by atoms with E-state index in [9.17, 15) is 13.2 Å². The topological polar surface area (TPSA) is 70.0 Å². The Morgan fingerprint density at radius 2 is 1.44 bits per heavy atom. The standard InChI is InChI=1S/C31H33N3O3S2/c35-30(20-24-9-5-2-6-10-24)32-31-34(28-21-39(36,37)22-29(28)38-31)27-13-11-26(12-14-27)33-17-15-25(16-18-33)19-23-7-3-1-4-8-23/h1-14,25,28-29H,15-22H2. The molecule has 0 saturated carbocycles. The van der Waals surface area contributed by atoms with E-state index in [1.54, 1.807) is 0 Å². The molecule has 0 radical (unpaired) electrons. The molecule has 1 amide bonds. The Morgan fingerprint density at radius 3 is 2.10 bits per heavy atom. The number of benzene rings is 3. The molecule has 2 atom stereocenters. The molecule has 3 aromatic carbocycles. The van der Waals surface area contributed by atoms with Crippen LogP contribution in [0.1, 0.15) is 24.0 Å². The van der Waals surface area contributed by atoms with Gasteiger partial charge in [-0.1, -0.05) is 72.4 Å². The summed E-state index contributed by atoms with van der Waals surface area (Å²) in [5, 5.41) is 0.497. The molecule has 3 heterocycles. The Morgan fingerprint density at radius 1 is 0.821 bits per heavy atom. The number of piperidine rings is 1. The van der Waals surface area contributed by atoms with Crippen molar-refractivity contribution in [2.45, 2.75) is 37.0 Å². The first-order valence-electron chi connectivity index (χ1n) is 13.6. The normalized spacial score (nSPS) is 23.7. The van der Waals surface area contributed by atoms with Crippen LogP contribution in [0.3, 0.4) is 0 Å². The SMILES string of the molecule is O=C(Cc1ccccc1)N=C1SC2CS(=O)(=O)CC2N1c1ccc(N2CCC(Cc3ccccc3)CC2)cc1. The van der Waals surface area contributed by atoms with Crippen molar-refractivity contribution in [3.8, 4) is 0 Å². The third kappa shape index (κ3) is 6.07. The Hall–Kier alpha value is -3.10. The number of rotatable bonds is 6. The molecule has 0 N–H and O–H groups in total. The van der Waals surface area contributed by atoms with Gasteiger partial charge in [0.25, 0.3) is 5.91 Å². The van der Waals surface area contributed by atoms with Crippen LogP contribution in [0, 0.1) is 5.92 Å². The van der Waals surface area contributed by atoms with Crippen molar-refractivity contribution in [2.24, 2.45) is 10.9 Å². The van der Waals surface area contributed by atoms with Gasteiger partial charge >= 0.3 is 0 Å². The molecule has 0 aromatic heterocycles. The molecule has 3 aromatic rings. The van der Waals surface area contributed by atoms with Crippen molar-refractivity contribution in [3.63, 3.8) is 0 Å². The van der Waals surface area contributed by atoms with Gasteiger partial charge in [0.2, 0.25) is 0 Å². The van der Waals surface area contributed by atoms with E-state index in [1.807, 2.05) is 35.2 Å². The number of hydrogen-bond acceptors (Lipinski definition) is 5. The summed E-state index contributed by atoms with van der Waals surface area (Å²) in [6.07, 6.45) is 3.70. The Labute approximate surface area is 235 Å². The number of nitrogens with zero attached hydrogens (tertiary/aromatic N) is 3. The fourth-order valence-corrected chi connectivity index (χ4v) is 9.88. The molecule has 0 aliphatic carbocycles. The van der Waals surface area contributed by atoms with E-state index in [0.29, 0.717) is 11.1 Å². The van der Waals surface area contributed by atoms with Gasteiger partial charge in [0, 0.05) is 29.7 Å². The van der Waals surface area contributed by atoms with E-state index in [4.69, 9.17) is 0 Å². The molecule has 6 rings (SSSR count). The molecular weight excluding hydrogens is 526 g/mol. The van der Waals surface area contributed by atoms with Gasteiger partial charge in [-0.15, -0.1) is 0 Å². The molecule has 202 valence electrons. The molecular formula is C31H33N3O3S2. The van der Waals surface area contributed by atoms with E-state index in [-0.39, 0.29) is 35.1 Å². The largest absolute Gasteiger partial charge is 0.372 e. The van der Waals surface area contributed by atoms with Crippen molar-refractivity contribution >= 4 is 44.0 Å². The number of carbonyl (C=O) groups excluding carboxylic acids is 1. The lowest BCUT2D eigenvalue weighted by Gasteiger charge is -2.34. The number of fused-ring (bicyclic) bond motifs is 1. The van der Waals surface area contributed by atoms with Gasteiger partial charge in [0.15, 0.2) is 15.0 Å². The summed E-state index contributed by atoms with van der Waals surface area (Å²) in [4.78, 5) is 21.7. The van der Waals surface area contributed by atoms with E-state index in [1.165, 1.54) is 35.9 Å². The van der Waals surface area contributed by atoms with E-state index < -0.39 is 9.84 Å². The number of amidine groups is 1. The van der Waals surface area contributed by atoms with E-state index in [0.717, 1.165) is 30.8 Å². The van der Waals surface area contributed by atoms with Gasteiger partial charge in [0.05, 0.1) is 24.0 Å². The first-order chi connectivity index (χ1) is 18.9. The number of anilines is 2. The summed E-state index contributed by atoms with van der Waals surface area (Å²) in [7, 11) is -3.11. The first kappa shape index (κ1) is 26.1. The molecule has 0 bridgehead atoms. The van der Waals surface area contributed by atoms with E-state index >= 15 is 0 Å². The van der Waals surface area contributed by atoms with Crippen LogP contribution >= 0.6 is 11.8 Å². The summed E-state index contributed by atoms with van der Waals surface area (Å²) in [5.74, 6) is 0.707. The highest BCUT2D eigenvalue weighted by atomic mass is 32.2. The molecule has 0 spiro atoms. The average molecular weight is 560 g/mol. The van der Waals surface area contributed by atoms with Crippen LogP contribution in [0.25, 0.3) is 0 Å². The van der Waals surface area contributed by atoms with Crippen LogP contribution in [0.4, 0.5) is 11.4 Å². The Kier molecular flexibility index (Phi) is 7.49. The van der Waals surface area contributed by atoms with Crippen LogP contribution < -0.4 is 9.80 Å². The van der Waals surface area contributed by atoms with Gasteiger partial charge < -0.3 is 9.80 Å². The summed E-state index contributed by atoms with van der Waals surface area (Å²) in [6.45, 7) is 2.06. The molecule has 3 aliphatic heterocycles. The number of aliphatic imine (C=N–C) groups is 1. The lowest BCUT2D eigenvalue weighted by atomic mass is 9.90. The zero-order valence-corrected chi connectivity index (χ0v) is 23.5. The molecule has 8 heteroatoms. The quantitative estimate of drug-likeness (QED) is 0.424. The van der Waals surface area contributed by atoms with Gasteiger partial charge in [-0.05, 0) is 60.6 Å². The molecule has 3 fully saturated rings. The highest BCUT2D eigenvalue weighted by molar-refractivity contribution is 8.16. The van der Waals surface area contributed by atoms with Crippen LogP contribution in [0.15, 0.2) is 89.9 Å². The highest BCUT2D eigenvalue weighted by Crippen LogP contribution is 2.41. The number of carbonyl (C=O) groups is 1. The Bertz CT molecular complexity index is 1440. The van der Waals surface area contributed by atoms with Crippen LogP contribution in [0.2, 0.25) is 0 Å². The average Bonchev–Trinajstić information content (AvgIpc) is 3.41. The summed E-state index contributed by atoms with van der Waals surface area (Å²) in [5.41, 5.74) is 4.40. The number of thioether (sulfide) groups is 1. The number of sulfone groups is 1. The van der Waals surface area contributed by atoms with Gasteiger partial charge in [-0.2, -0.15) is 4.99 Å². The monoisotopic (exact) mass is 559 g/mol. The number of hydrogen-bond donors (Lipinski definition) is 0. The predicted octanol–water partition coefficient (Wildman–Crippen LogP) is 4.99. The second-order valence-electron chi connectivity index (χ2n) is 10.8. The van der Waals surface area contributed by atoms with Crippen molar-refractivity contribution in [2.75, 3.05) is 34.4 Å². The summed E-state index contributed by atoms with van der Waals surface area (Å²) >= 11 is 1.42. The van der Waals surface area contributed by atoms with E-state index in [2.05, 4.69) is 64.5 Å². The second-order valence-corrected chi connectivity index (χ2v) is 14.1. The maximum absolute atomic E-state index is 12.8. The molecule has 3 aliphatic rings. The smallest absolute Gasteiger partial charge is 0.252 e. The van der Waals surface area contributed by atoms with Gasteiger partial charge in [-0.3, -0.25) is 4.79 Å². The zero-order valence-electron chi connectivity index (χ0n) is 21.9. The molecule has 6 nitrogen and oxygen atoms in total. The Balaban J connectivity index is 1.16. The minimum absolute atomic E-state index is 0.0905.